The van der Waals surface area contributed by atoms with Gasteiger partial charge in [-0.15, -0.1) is 0 Å². The number of benzene rings is 1. The predicted octanol–water partition coefficient (Wildman–Crippen LogP) is 1.87. The number of nitriles is 1. The molecule has 0 aromatic heterocycles. The van der Waals surface area contributed by atoms with E-state index in [9.17, 15) is 15.2 Å². The summed E-state index contributed by atoms with van der Waals surface area (Å²) in [5, 5.41) is 19.0. The molecular formula is C16H16N2O5. The van der Waals surface area contributed by atoms with Crippen LogP contribution in [0.5, 0.6) is 11.5 Å². The Kier molecular flexibility index (Phi) is 4.46. The van der Waals surface area contributed by atoms with Crippen LogP contribution in [0.2, 0.25) is 0 Å². The molecule has 0 spiro atoms. The highest BCUT2D eigenvalue weighted by molar-refractivity contribution is 5.91. The van der Waals surface area contributed by atoms with Crippen LogP contribution in [0, 0.1) is 11.3 Å². The standard InChI is InChI=1S/C16H16N2O5/c1-8-11(7-17)13(14(16(19)20)15(18)23-8)10-6-9(21-2)4-5-12(10)22-3/h4-6,13H,18H2,1-3H3,(H,19,20). The Morgan fingerprint density at radius 3 is 2.61 bits per heavy atom. The molecule has 2 rings (SSSR count). The number of hydrogen-bond acceptors (Lipinski definition) is 6. The van der Waals surface area contributed by atoms with E-state index in [2.05, 4.69) is 0 Å². The maximum atomic E-state index is 11.6. The van der Waals surface area contributed by atoms with Crippen molar-refractivity contribution in [2.75, 3.05) is 14.2 Å². The highest BCUT2D eigenvalue weighted by Gasteiger charge is 2.37. The topological polar surface area (TPSA) is 115 Å². The summed E-state index contributed by atoms with van der Waals surface area (Å²) in [7, 11) is 2.95. The third-order valence-electron chi connectivity index (χ3n) is 3.58. The second-order valence-electron chi connectivity index (χ2n) is 4.81. The molecule has 1 aromatic carbocycles. The first-order chi connectivity index (χ1) is 10.9. The zero-order valence-corrected chi connectivity index (χ0v) is 12.9. The van der Waals surface area contributed by atoms with Gasteiger partial charge in [-0.1, -0.05) is 0 Å². The van der Waals surface area contributed by atoms with Gasteiger partial charge < -0.3 is 25.1 Å². The monoisotopic (exact) mass is 316 g/mol. The van der Waals surface area contributed by atoms with Gasteiger partial charge in [-0.3, -0.25) is 0 Å². The van der Waals surface area contributed by atoms with E-state index in [1.807, 2.05) is 6.07 Å². The molecule has 0 aliphatic carbocycles. The lowest BCUT2D eigenvalue weighted by Crippen LogP contribution is -2.25. The Balaban J connectivity index is 2.76. The zero-order chi connectivity index (χ0) is 17.1. The van der Waals surface area contributed by atoms with Gasteiger partial charge in [0.1, 0.15) is 22.8 Å². The van der Waals surface area contributed by atoms with E-state index in [-0.39, 0.29) is 22.8 Å². The number of ether oxygens (including phenoxy) is 3. The molecule has 3 N–H and O–H groups in total. The van der Waals surface area contributed by atoms with Crippen LogP contribution in [-0.2, 0) is 9.53 Å². The Morgan fingerprint density at radius 2 is 2.09 bits per heavy atom. The van der Waals surface area contributed by atoms with Crippen LogP contribution in [-0.4, -0.2) is 25.3 Å². The van der Waals surface area contributed by atoms with E-state index in [4.69, 9.17) is 19.9 Å². The normalized spacial score (nSPS) is 17.4. The van der Waals surface area contributed by atoms with Gasteiger partial charge in [-0.2, -0.15) is 5.26 Å². The molecule has 23 heavy (non-hydrogen) atoms. The number of carboxylic acids is 1. The lowest BCUT2D eigenvalue weighted by atomic mass is 9.82. The van der Waals surface area contributed by atoms with E-state index >= 15 is 0 Å². The van der Waals surface area contributed by atoms with Gasteiger partial charge in [0, 0.05) is 5.56 Å². The number of carboxylic acid groups (broad SMARTS) is 1. The molecule has 0 radical (unpaired) electrons. The van der Waals surface area contributed by atoms with Crippen molar-refractivity contribution in [3.8, 4) is 17.6 Å². The maximum Gasteiger partial charge on any atom is 0.338 e. The summed E-state index contributed by atoms with van der Waals surface area (Å²) in [5.74, 6) is -1.24. The van der Waals surface area contributed by atoms with E-state index in [1.165, 1.54) is 14.2 Å². The Morgan fingerprint density at radius 1 is 1.39 bits per heavy atom. The number of nitrogens with zero attached hydrogens (tertiary/aromatic N) is 1. The van der Waals surface area contributed by atoms with Crippen molar-refractivity contribution in [3.05, 3.63) is 46.6 Å². The Labute approximate surface area is 133 Å². The molecule has 1 aromatic rings. The Hall–Kier alpha value is -3.14. The molecule has 0 saturated heterocycles. The van der Waals surface area contributed by atoms with Gasteiger partial charge in [-0.05, 0) is 25.1 Å². The quantitative estimate of drug-likeness (QED) is 0.871. The van der Waals surface area contributed by atoms with Gasteiger partial charge in [-0.25, -0.2) is 4.79 Å². The van der Waals surface area contributed by atoms with Crippen molar-refractivity contribution in [1.82, 2.24) is 0 Å². The molecule has 7 nitrogen and oxygen atoms in total. The van der Waals surface area contributed by atoms with E-state index in [1.54, 1.807) is 25.1 Å². The van der Waals surface area contributed by atoms with Crippen LogP contribution >= 0.6 is 0 Å². The van der Waals surface area contributed by atoms with Gasteiger partial charge in [0.15, 0.2) is 0 Å². The van der Waals surface area contributed by atoms with Gasteiger partial charge in [0.25, 0.3) is 0 Å². The molecule has 120 valence electrons. The highest BCUT2D eigenvalue weighted by atomic mass is 16.5. The summed E-state index contributed by atoms with van der Waals surface area (Å²) in [6.45, 7) is 1.56. The SMILES string of the molecule is COc1ccc(OC)c(C2C(C#N)=C(C)OC(N)=C2C(=O)O)c1. The van der Waals surface area contributed by atoms with Crippen molar-refractivity contribution in [1.29, 1.82) is 5.26 Å². The average Bonchev–Trinajstić information content (AvgIpc) is 2.53. The fourth-order valence-electron chi connectivity index (χ4n) is 2.51. The molecule has 7 heteroatoms. The van der Waals surface area contributed by atoms with Crippen molar-refractivity contribution in [2.45, 2.75) is 12.8 Å². The molecule has 1 unspecified atom stereocenters. The lowest BCUT2D eigenvalue weighted by molar-refractivity contribution is -0.133. The minimum Gasteiger partial charge on any atom is -0.497 e. The van der Waals surface area contributed by atoms with Crippen molar-refractivity contribution >= 4 is 5.97 Å². The first kappa shape index (κ1) is 16.2. The van der Waals surface area contributed by atoms with Crippen LogP contribution in [0.1, 0.15) is 18.4 Å². The predicted molar refractivity (Wildman–Crippen MR) is 80.5 cm³/mol. The molecule has 0 bridgehead atoms. The summed E-state index contributed by atoms with van der Waals surface area (Å²) in [6.07, 6.45) is 0. The summed E-state index contributed by atoms with van der Waals surface area (Å²) in [4.78, 5) is 11.6. The van der Waals surface area contributed by atoms with Crippen molar-refractivity contribution in [2.24, 2.45) is 5.73 Å². The van der Waals surface area contributed by atoms with Crippen molar-refractivity contribution in [3.63, 3.8) is 0 Å². The largest absolute Gasteiger partial charge is 0.497 e. The van der Waals surface area contributed by atoms with Gasteiger partial charge in [0.05, 0.1) is 31.8 Å². The molecule has 0 amide bonds. The smallest absolute Gasteiger partial charge is 0.338 e. The summed E-state index contributed by atoms with van der Waals surface area (Å²) in [5.41, 5.74) is 6.15. The summed E-state index contributed by atoms with van der Waals surface area (Å²) in [6, 6.07) is 6.94. The van der Waals surface area contributed by atoms with Crippen molar-refractivity contribution < 1.29 is 24.1 Å². The van der Waals surface area contributed by atoms with Crippen LogP contribution in [0.4, 0.5) is 0 Å². The van der Waals surface area contributed by atoms with Crippen LogP contribution in [0.15, 0.2) is 41.0 Å². The van der Waals surface area contributed by atoms with Crippen LogP contribution < -0.4 is 15.2 Å². The molecule has 0 saturated carbocycles. The number of aliphatic carboxylic acids is 1. The third kappa shape index (κ3) is 2.79. The van der Waals surface area contributed by atoms with E-state index in [0.29, 0.717) is 17.1 Å². The lowest BCUT2D eigenvalue weighted by Gasteiger charge is -2.27. The van der Waals surface area contributed by atoms with Crippen LogP contribution in [0.3, 0.4) is 0 Å². The van der Waals surface area contributed by atoms with E-state index < -0.39 is 11.9 Å². The molecular weight excluding hydrogens is 300 g/mol. The second kappa shape index (κ2) is 6.32. The number of hydrogen-bond donors (Lipinski definition) is 2. The van der Waals surface area contributed by atoms with E-state index in [0.717, 1.165) is 0 Å². The number of rotatable bonds is 4. The summed E-state index contributed by atoms with van der Waals surface area (Å²) >= 11 is 0. The minimum absolute atomic E-state index is 0.156. The fourth-order valence-corrected chi connectivity index (χ4v) is 2.51. The van der Waals surface area contributed by atoms with Gasteiger partial charge in [0.2, 0.25) is 5.88 Å². The average molecular weight is 316 g/mol. The second-order valence-corrected chi connectivity index (χ2v) is 4.81. The Bertz CT molecular complexity index is 758. The molecule has 1 atom stereocenters. The minimum atomic E-state index is -1.27. The van der Waals surface area contributed by atoms with Crippen LogP contribution in [0.25, 0.3) is 0 Å². The molecule has 0 fully saturated rings. The highest BCUT2D eigenvalue weighted by Crippen LogP contribution is 2.43. The fraction of sp³-hybridized carbons (Fsp3) is 0.250. The van der Waals surface area contributed by atoms with Gasteiger partial charge >= 0.3 is 5.97 Å². The number of nitrogens with two attached hydrogens (primary N) is 1. The molecule has 1 heterocycles. The zero-order valence-electron chi connectivity index (χ0n) is 12.9. The molecule has 1 aliphatic rings. The third-order valence-corrected chi connectivity index (χ3v) is 3.58. The number of methoxy groups -OCH3 is 2. The first-order valence-electron chi connectivity index (χ1n) is 6.68. The first-order valence-corrected chi connectivity index (χ1v) is 6.68. The summed E-state index contributed by atoms with van der Waals surface area (Å²) < 4.78 is 15.7. The molecule has 1 aliphatic heterocycles. The number of allylic oxidation sites excluding steroid dienone is 2. The number of carbonyl (C=O) groups is 1. The maximum absolute atomic E-state index is 11.6.